The van der Waals surface area contributed by atoms with E-state index in [9.17, 15) is 13.2 Å². The summed E-state index contributed by atoms with van der Waals surface area (Å²) in [7, 11) is -3.97. The number of nitrogens with zero attached hydrogens (tertiary/aromatic N) is 1. The lowest BCUT2D eigenvalue weighted by molar-refractivity contribution is -0.114. The Labute approximate surface area is 196 Å². The Bertz CT molecular complexity index is 1200. The molecule has 5 nitrogen and oxygen atoms in total. The molecule has 1 amide bonds. The summed E-state index contributed by atoms with van der Waals surface area (Å²) < 4.78 is 28.9. The molecule has 0 saturated carbocycles. The zero-order chi connectivity index (χ0) is 22.6. The second kappa shape index (κ2) is 9.85. The second-order valence-electron chi connectivity index (χ2n) is 6.98. The van der Waals surface area contributed by atoms with Crippen molar-refractivity contribution >= 4 is 54.8 Å². The number of hydrogen-bond acceptors (Lipinski definition) is 3. The maximum atomic E-state index is 13.5. The third-order valence-corrected chi connectivity index (χ3v) is 7.75. The van der Waals surface area contributed by atoms with Crippen LogP contribution in [0.4, 0.5) is 11.4 Å². The number of carbonyl (C=O) groups is 1. The Balaban J connectivity index is 1.98. The van der Waals surface area contributed by atoms with E-state index in [1.807, 2.05) is 26.0 Å². The fraction of sp³-hybridized carbons (Fsp3) is 0.174. The molecule has 31 heavy (non-hydrogen) atoms. The molecule has 1 N–H and O–H groups in total. The quantitative estimate of drug-likeness (QED) is 0.427. The Kier molecular flexibility index (Phi) is 7.41. The van der Waals surface area contributed by atoms with Crippen molar-refractivity contribution in [2.24, 2.45) is 0 Å². The van der Waals surface area contributed by atoms with E-state index in [0.29, 0.717) is 27.3 Å². The lowest BCUT2D eigenvalue weighted by Crippen LogP contribution is -2.38. The lowest BCUT2D eigenvalue weighted by Gasteiger charge is -2.26. The molecule has 3 aromatic carbocycles. The van der Waals surface area contributed by atoms with E-state index in [0.717, 1.165) is 15.4 Å². The van der Waals surface area contributed by atoms with Crippen molar-refractivity contribution in [3.63, 3.8) is 0 Å². The van der Waals surface area contributed by atoms with Crippen LogP contribution in [0, 0.1) is 6.92 Å². The van der Waals surface area contributed by atoms with E-state index in [-0.39, 0.29) is 11.4 Å². The molecule has 0 unspecified atom stereocenters. The van der Waals surface area contributed by atoms with Gasteiger partial charge in [-0.05, 0) is 71.2 Å². The molecule has 0 heterocycles. The first-order chi connectivity index (χ1) is 14.7. The largest absolute Gasteiger partial charge is 0.324 e. The van der Waals surface area contributed by atoms with E-state index in [1.165, 1.54) is 0 Å². The summed E-state index contributed by atoms with van der Waals surface area (Å²) in [5.74, 6) is -0.472. The highest BCUT2D eigenvalue weighted by Gasteiger charge is 2.28. The van der Waals surface area contributed by atoms with Gasteiger partial charge in [-0.3, -0.25) is 9.10 Å². The minimum Gasteiger partial charge on any atom is -0.324 e. The number of amides is 1. The van der Waals surface area contributed by atoms with Gasteiger partial charge in [-0.2, -0.15) is 0 Å². The highest BCUT2D eigenvalue weighted by atomic mass is 79.9. The van der Waals surface area contributed by atoms with E-state index in [2.05, 4.69) is 21.2 Å². The third kappa shape index (κ3) is 5.47. The van der Waals surface area contributed by atoms with Crippen LogP contribution >= 0.6 is 27.5 Å². The number of benzene rings is 3. The molecular formula is C23H22BrClN2O3S. The molecule has 0 aliphatic carbocycles. The number of para-hydroxylation sites is 1. The Hall–Kier alpha value is -2.35. The normalized spacial score (nSPS) is 11.2. The topological polar surface area (TPSA) is 66.5 Å². The number of hydrogen-bond donors (Lipinski definition) is 1. The lowest BCUT2D eigenvalue weighted by atomic mass is 10.1. The second-order valence-corrected chi connectivity index (χ2v) is 10.1. The summed E-state index contributed by atoms with van der Waals surface area (Å²) in [5, 5.41) is 3.17. The average molecular weight is 522 g/mol. The zero-order valence-corrected chi connectivity index (χ0v) is 20.3. The molecule has 3 aromatic rings. The van der Waals surface area contributed by atoms with Crippen molar-refractivity contribution in [1.82, 2.24) is 0 Å². The number of anilines is 2. The molecular weight excluding hydrogens is 500 g/mol. The van der Waals surface area contributed by atoms with Gasteiger partial charge in [-0.25, -0.2) is 8.42 Å². The van der Waals surface area contributed by atoms with Gasteiger partial charge in [0.15, 0.2) is 0 Å². The van der Waals surface area contributed by atoms with E-state index < -0.39 is 15.9 Å². The van der Waals surface area contributed by atoms with Crippen LogP contribution in [0.2, 0.25) is 5.02 Å². The summed E-state index contributed by atoms with van der Waals surface area (Å²) in [4.78, 5) is 13.0. The predicted molar refractivity (Wildman–Crippen MR) is 129 cm³/mol. The standard InChI is InChI=1S/C23H22BrClN2O3S/c1-3-17-6-4-5-7-22(17)27(31(29,30)19-11-8-16(2)9-12-19)15-23(28)26-18-10-13-20(24)21(25)14-18/h4-14H,3,15H2,1-2H3,(H,26,28). The van der Waals surface area contributed by atoms with Crippen molar-refractivity contribution in [3.8, 4) is 0 Å². The van der Waals surface area contributed by atoms with Gasteiger partial charge in [0.25, 0.3) is 10.0 Å². The number of nitrogens with one attached hydrogen (secondary N) is 1. The fourth-order valence-electron chi connectivity index (χ4n) is 3.10. The number of aryl methyl sites for hydroxylation is 2. The van der Waals surface area contributed by atoms with Crippen LogP contribution in [0.1, 0.15) is 18.1 Å². The van der Waals surface area contributed by atoms with E-state index in [4.69, 9.17) is 11.6 Å². The molecule has 0 radical (unpaired) electrons. The number of carbonyl (C=O) groups excluding carboxylic acids is 1. The van der Waals surface area contributed by atoms with Crippen LogP contribution in [0.3, 0.4) is 0 Å². The minimum absolute atomic E-state index is 0.128. The monoisotopic (exact) mass is 520 g/mol. The van der Waals surface area contributed by atoms with E-state index >= 15 is 0 Å². The summed E-state index contributed by atoms with van der Waals surface area (Å²) in [5.41, 5.74) is 2.74. The van der Waals surface area contributed by atoms with Crippen molar-refractivity contribution in [2.45, 2.75) is 25.2 Å². The molecule has 0 fully saturated rings. The molecule has 0 aliphatic rings. The first-order valence-electron chi connectivity index (χ1n) is 9.64. The maximum Gasteiger partial charge on any atom is 0.264 e. The SMILES string of the molecule is CCc1ccccc1N(CC(=O)Nc1ccc(Br)c(Cl)c1)S(=O)(=O)c1ccc(C)cc1. The van der Waals surface area contributed by atoms with E-state index in [1.54, 1.807) is 54.6 Å². The van der Waals surface area contributed by atoms with Crippen LogP contribution in [0.15, 0.2) is 76.1 Å². The highest BCUT2D eigenvalue weighted by Crippen LogP contribution is 2.29. The smallest absolute Gasteiger partial charge is 0.264 e. The molecule has 162 valence electrons. The van der Waals surface area contributed by atoms with Crippen LogP contribution in [-0.2, 0) is 21.2 Å². The molecule has 0 aliphatic heterocycles. The first kappa shape index (κ1) is 23.3. The summed E-state index contributed by atoms with van der Waals surface area (Å²) in [6.45, 7) is 3.46. The molecule has 0 bridgehead atoms. The van der Waals surface area contributed by atoms with Crippen molar-refractivity contribution < 1.29 is 13.2 Å². The summed E-state index contributed by atoms with van der Waals surface area (Å²) in [6.07, 6.45) is 0.625. The zero-order valence-electron chi connectivity index (χ0n) is 17.1. The molecule has 0 aromatic heterocycles. The van der Waals surface area contributed by atoms with Gasteiger partial charge >= 0.3 is 0 Å². The Morgan fingerprint density at radius 3 is 2.39 bits per heavy atom. The summed E-state index contributed by atoms with van der Waals surface area (Å²) >= 11 is 9.41. The first-order valence-corrected chi connectivity index (χ1v) is 12.3. The molecule has 8 heteroatoms. The van der Waals surface area contributed by atoms with Crippen molar-refractivity contribution in [1.29, 1.82) is 0 Å². The van der Waals surface area contributed by atoms with Gasteiger partial charge < -0.3 is 5.32 Å². The Morgan fingerprint density at radius 2 is 1.74 bits per heavy atom. The molecule has 3 rings (SSSR count). The van der Waals surface area contributed by atoms with Crippen molar-refractivity contribution in [2.75, 3.05) is 16.2 Å². The van der Waals surface area contributed by atoms with Crippen LogP contribution in [0.25, 0.3) is 0 Å². The fourth-order valence-corrected chi connectivity index (χ4v) is 4.98. The van der Waals surface area contributed by atoms with Gasteiger partial charge in [0, 0.05) is 10.2 Å². The molecule has 0 atom stereocenters. The number of rotatable bonds is 7. The van der Waals surface area contributed by atoms with Crippen molar-refractivity contribution in [3.05, 3.63) is 87.4 Å². The van der Waals surface area contributed by atoms with Crippen LogP contribution in [-0.4, -0.2) is 20.9 Å². The molecule has 0 saturated heterocycles. The predicted octanol–water partition coefficient (Wildman–Crippen LogP) is 5.81. The van der Waals surface area contributed by atoms with Crippen LogP contribution < -0.4 is 9.62 Å². The van der Waals surface area contributed by atoms with Gasteiger partial charge in [0.05, 0.1) is 15.6 Å². The Morgan fingerprint density at radius 1 is 1.06 bits per heavy atom. The third-order valence-electron chi connectivity index (χ3n) is 4.74. The average Bonchev–Trinajstić information content (AvgIpc) is 2.75. The maximum absolute atomic E-state index is 13.5. The minimum atomic E-state index is -3.97. The van der Waals surface area contributed by atoms with Gasteiger partial charge in [0.2, 0.25) is 5.91 Å². The molecule has 0 spiro atoms. The van der Waals surface area contributed by atoms with Gasteiger partial charge in [-0.1, -0.05) is 54.4 Å². The number of halogens is 2. The van der Waals surface area contributed by atoms with Gasteiger partial charge in [0.1, 0.15) is 6.54 Å². The van der Waals surface area contributed by atoms with Gasteiger partial charge in [-0.15, -0.1) is 0 Å². The highest BCUT2D eigenvalue weighted by molar-refractivity contribution is 9.10. The van der Waals surface area contributed by atoms with Crippen LogP contribution in [0.5, 0.6) is 0 Å². The summed E-state index contributed by atoms with van der Waals surface area (Å²) in [6, 6.07) is 18.8. The number of sulfonamides is 1.